The van der Waals surface area contributed by atoms with Crippen molar-refractivity contribution in [2.24, 2.45) is 5.92 Å². The highest BCUT2D eigenvalue weighted by molar-refractivity contribution is 7.99. The Morgan fingerprint density at radius 2 is 1.95 bits per heavy atom. The van der Waals surface area contributed by atoms with Crippen molar-refractivity contribution >= 4 is 23.8 Å². The third kappa shape index (κ3) is 3.78. The summed E-state index contributed by atoms with van der Waals surface area (Å²) in [6, 6.07) is -0.110. The van der Waals surface area contributed by atoms with Gasteiger partial charge in [-0.1, -0.05) is 6.92 Å². The van der Waals surface area contributed by atoms with Gasteiger partial charge in [0.1, 0.15) is 0 Å². The second-order valence-corrected chi connectivity index (χ2v) is 6.62. The Balaban J connectivity index is 1.96. The van der Waals surface area contributed by atoms with Gasteiger partial charge in [0.15, 0.2) is 0 Å². The number of hydrogen-bond donors (Lipinski definition) is 1. The molecule has 0 aromatic rings. The van der Waals surface area contributed by atoms with Crippen molar-refractivity contribution in [3.8, 4) is 0 Å². The monoisotopic (exact) mass is 286 g/mol. The smallest absolute Gasteiger partial charge is 0.320 e. The fraction of sp³-hybridized carbons (Fsp3) is 0.846. The zero-order chi connectivity index (χ0) is 13.8. The summed E-state index contributed by atoms with van der Waals surface area (Å²) in [7, 11) is 0. The van der Waals surface area contributed by atoms with Crippen LogP contribution in [0.2, 0.25) is 0 Å². The Kier molecular flexibility index (Phi) is 4.96. The molecule has 108 valence electrons. The van der Waals surface area contributed by atoms with Crippen molar-refractivity contribution in [3.05, 3.63) is 0 Å². The summed E-state index contributed by atoms with van der Waals surface area (Å²) in [6.45, 7) is 4.51. The normalized spacial score (nSPS) is 25.4. The van der Waals surface area contributed by atoms with Gasteiger partial charge >= 0.3 is 12.0 Å². The lowest BCUT2D eigenvalue weighted by atomic mass is 9.99. The minimum atomic E-state index is -0.822. The maximum atomic E-state index is 12.5. The number of aliphatic carboxylic acids is 1. The van der Waals surface area contributed by atoms with Gasteiger partial charge in [-0.05, 0) is 18.8 Å². The molecule has 0 aromatic heterocycles. The van der Waals surface area contributed by atoms with Gasteiger partial charge in [-0.25, -0.2) is 4.79 Å². The number of thioether (sulfide) groups is 1. The Labute approximate surface area is 118 Å². The van der Waals surface area contributed by atoms with Gasteiger partial charge in [0, 0.05) is 31.1 Å². The summed E-state index contributed by atoms with van der Waals surface area (Å²) in [5, 5.41) is 8.95. The second-order valence-electron chi connectivity index (χ2n) is 5.47. The highest BCUT2D eigenvalue weighted by Crippen LogP contribution is 2.23. The number of carboxylic acid groups (broad SMARTS) is 1. The zero-order valence-corrected chi connectivity index (χ0v) is 12.2. The lowest BCUT2D eigenvalue weighted by molar-refractivity contribution is -0.138. The molecule has 1 N–H and O–H groups in total. The molecular weight excluding hydrogens is 264 g/mol. The van der Waals surface area contributed by atoms with Crippen LogP contribution < -0.4 is 0 Å². The predicted molar refractivity (Wildman–Crippen MR) is 75.4 cm³/mol. The number of urea groups is 1. The lowest BCUT2D eigenvalue weighted by Gasteiger charge is -2.40. The molecule has 0 aromatic carbocycles. The summed E-state index contributed by atoms with van der Waals surface area (Å²) in [5.41, 5.74) is 0. The van der Waals surface area contributed by atoms with Crippen LogP contribution >= 0.6 is 11.8 Å². The van der Waals surface area contributed by atoms with Gasteiger partial charge in [-0.2, -0.15) is 11.8 Å². The molecule has 2 fully saturated rings. The quantitative estimate of drug-likeness (QED) is 0.840. The molecule has 6 heteroatoms. The second kappa shape index (κ2) is 6.50. The molecule has 1 atom stereocenters. The molecule has 0 spiro atoms. The van der Waals surface area contributed by atoms with Crippen LogP contribution in [0.4, 0.5) is 4.79 Å². The first-order valence-electron chi connectivity index (χ1n) is 6.93. The van der Waals surface area contributed by atoms with E-state index in [-0.39, 0.29) is 18.5 Å². The molecule has 1 unspecified atom stereocenters. The number of rotatable bonds is 2. The minimum Gasteiger partial charge on any atom is -0.481 e. The van der Waals surface area contributed by atoms with E-state index in [9.17, 15) is 9.59 Å². The SMILES string of the molecule is CC1CCN(C(=O)N2CCSCC2CC(=O)O)CC1. The number of nitrogens with zero attached hydrogens (tertiary/aromatic N) is 2. The van der Waals surface area contributed by atoms with Gasteiger partial charge in [-0.15, -0.1) is 0 Å². The van der Waals surface area contributed by atoms with E-state index >= 15 is 0 Å². The van der Waals surface area contributed by atoms with E-state index in [0.29, 0.717) is 12.5 Å². The van der Waals surface area contributed by atoms with E-state index in [4.69, 9.17) is 5.11 Å². The highest BCUT2D eigenvalue weighted by atomic mass is 32.2. The fourth-order valence-corrected chi connectivity index (χ4v) is 3.72. The maximum Gasteiger partial charge on any atom is 0.320 e. The Hall–Kier alpha value is -0.910. The predicted octanol–water partition coefficient (Wildman–Crippen LogP) is 1.73. The molecule has 0 saturated carbocycles. The Morgan fingerprint density at radius 3 is 2.58 bits per heavy atom. The highest BCUT2D eigenvalue weighted by Gasteiger charge is 2.32. The summed E-state index contributed by atoms with van der Waals surface area (Å²) < 4.78 is 0. The lowest BCUT2D eigenvalue weighted by Crippen LogP contribution is -2.54. The van der Waals surface area contributed by atoms with Gasteiger partial charge < -0.3 is 14.9 Å². The number of carbonyl (C=O) groups is 2. The van der Waals surface area contributed by atoms with Gasteiger partial charge in [0.2, 0.25) is 0 Å². The molecular formula is C13H22N2O3S. The number of carbonyl (C=O) groups excluding carboxylic acids is 1. The number of carboxylic acids is 1. The van der Waals surface area contributed by atoms with Crippen molar-refractivity contribution in [1.29, 1.82) is 0 Å². The first kappa shape index (κ1) is 14.5. The molecule has 2 aliphatic rings. The number of amides is 2. The van der Waals surface area contributed by atoms with Gasteiger partial charge in [0.05, 0.1) is 12.5 Å². The number of hydrogen-bond acceptors (Lipinski definition) is 3. The molecule has 5 nitrogen and oxygen atoms in total. The van der Waals surface area contributed by atoms with Crippen LogP contribution in [0.15, 0.2) is 0 Å². The van der Waals surface area contributed by atoms with Crippen molar-refractivity contribution in [3.63, 3.8) is 0 Å². The van der Waals surface area contributed by atoms with Crippen LogP contribution in [0.1, 0.15) is 26.2 Å². The Morgan fingerprint density at radius 1 is 1.26 bits per heavy atom. The molecule has 19 heavy (non-hydrogen) atoms. The first-order chi connectivity index (χ1) is 9.08. The van der Waals surface area contributed by atoms with Crippen molar-refractivity contribution in [2.75, 3.05) is 31.1 Å². The zero-order valence-electron chi connectivity index (χ0n) is 11.4. The standard InChI is InChI=1S/C13H22N2O3S/c1-10-2-4-14(5-3-10)13(18)15-6-7-19-9-11(15)8-12(16)17/h10-11H,2-9H2,1H3,(H,16,17). The van der Waals surface area contributed by atoms with Crippen molar-refractivity contribution in [1.82, 2.24) is 9.80 Å². The molecule has 2 amide bonds. The van der Waals surface area contributed by atoms with Crippen molar-refractivity contribution in [2.45, 2.75) is 32.2 Å². The van der Waals surface area contributed by atoms with Crippen LogP contribution in [-0.4, -0.2) is 64.1 Å². The third-order valence-corrected chi connectivity index (χ3v) is 5.03. The average Bonchev–Trinajstić information content (AvgIpc) is 2.39. The van der Waals surface area contributed by atoms with Gasteiger partial charge in [0.25, 0.3) is 0 Å². The van der Waals surface area contributed by atoms with E-state index in [1.165, 1.54) is 0 Å². The van der Waals surface area contributed by atoms with Crippen LogP contribution in [0.25, 0.3) is 0 Å². The number of piperidine rings is 1. The minimum absolute atomic E-state index is 0.0402. The largest absolute Gasteiger partial charge is 0.481 e. The number of likely N-dealkylation sites (tertiary alicyclic amines) is 1. The van der Waals surface area contributed by atoms with E-state index in [2.05, 4.69) is 6.92 Å². The molecule has 2 heterocycles. The topological polar surface area (TPSA) is 60.9 Å². The Bertz CT molecular complexity index is 343. The van der Waals surface area contributed by atoms with Crippen molar-refractivity contribution < 1.29 is 14.7 Å². The third-order valence-electron chi connectivity index (χ3n) is 3.94. The van der Waals surface area contributed by atoms with E-state index in [1.54, 1.807) is 16.7 Å². The summed E-state index contributed by atoms with van der Waals surface area (Å²) >= 11 is 1.74. The van der Waals surface area contributed by atoms with Crippen LogP contribution in [0.3, 0.4) is 0 Å². The fourth-order valence-electron chi connectivity index (χ4n) is 2.66. The first-order valence-corrected chi connectivity index (χ1v) is 8.08. The van der Waals surface area contributed by atoms with Crippen LogP contribution in [0, 0.1) is 5.92 Å². The molecule has 2 rings (SSSR count). The average molecular weight is 286 g/mol. The van der Waals surface area contributed by atoms with E-state index in [0.717, 1.165) is 37.4 Å². The maximum absolute atomic E-state index is 12.5. The summed E-state index contributed by atoms with van der Waals surface area (Å²) in [6.07, 6.45) is 2.17. The molecule has 2 saturated heterocycles. The van der Waals surface area contributed by atoms with E-state index < -0.39 is 5.97 Å². The molecule has 2 aliphatic heterocycles. The summed E-state index contributed by atoms with van der Waals surface area (Å²) in [5.74, 6) is 1.52. The molecule has 0 bridgehead atoms. The molecule has 0 radical (unpaired) electrons. The molecule has 0 aliphatic carbocycles. The van der Waals surface area contributed by atoms with E-state index in [1.807, 2.05) is 4.90 Å². The van der Waals surface area contributed by atoms with Gasteiger partial charge in [-0.3, -0.25) is 4.79 Å². The summed E-state index contributed by atoms with van der Waals surface area (Å²) in [4.78, 5) is 27.1. The van der Waals surface area contributed by atoms with Crippen LogP contribution in [-0.2, 0) is 4.79 Å². The van der Waals surface area contributed by atoms with Crippen LogP contribution in [0.5, 0.6) is 0 Å².